The molecule has 0 aromatic heterocycles. The predicted octanol–water partition coefficient (Wildman–Crippen LogP) is 1.72. The molecule has 1 aliphatic carbocycles. The van der Waals surface area contributed by atoms with Crippen LogP contribution in [-0.4, -0.2) is 32.8 Å². The third kappa shape index (κ3) is 3.96. The first-order valence-electron chi connectivity index (χ1n) is 6.51. The van der Waals surface area contributed by atoms with Crippen LogP contribution in [0.5, 0.6) is 0 Å². The number of ether oxygens (including phenoxy) is 2. The van der Waals surface area contributed by atoms with Crippen molar-refractivity contribution in [1.29, 1.82) is 0 Å². The first kappa shape index (κ1) is 14.5. The fraction of sp³-hybridized carbons (Fsp3) is 0.923. The highest BCUT2D eigenvalue weighted by atomic mass is 16.5. The minimum Gasteiger partial charge on any atom is -0.465 e. The van der Waals surface area contributed by atoms with Gasteiger partial charge in [0.2, 0.25) is 0 Å². The second-order valence-corrected chi connectivity index (χ2v) is 5.15. The van der Waals surface area contributed by atoms with Crippen LogP contribution in [0.15, 0.2) is 0 Å². The number of carbonyl (C=O) groups excluding carboxylic acids is 1. The van der Waals surface area contributed by atoms with E-state index in [0.29, 0.717) is 25.7 Å². The van der Waals surface area contributed by atoms with Gasteiger partial charge in [-0.1, -0.05) is 6.92 Å². The highest BCUT2D eigenvalue weighted by molar-refractivity contribution is 5.77. The normalized spacial score (nSPS) is 29.0. The van der Waals surface area contributed by atoms with Crippen LogP contribution in [-0.2, 0) is 14.3 Å². The Morgan fingerprint density at radius 1 is 1.35 bits per heavy atom. The van der Waals surface area contributed by atoms with Gasteiger partial charge in [-0.25, -0.2) is 0 Å². The molecule has 2 N–H and O–H groups in total. The molecule has 0 unspecified atom stereocenters. The van der Waals surface area contributed by atoms with E-state index in [0.717, 1.165) is 32.1 Å². The molecule has 1 aliphatic rings. The van der Waals surface area contributed by atoms with Gasteiger partial charge in [-0.15, -0.1) is 0 Å². The van der Waals surface area contributed by atoms with E-state index in [9.17, 15) is 4.79 Å². The molecule has 0 radical (unpaired) electrons. The van der Waals surface area contributed by atoms with E-state index >= 15 is 0 Å². The molecule has 100 valence electrons. The van der Waals surface area contributed by atoms with Gasteiger partial charge in [-0.2, -0.15) is 0 Å². The molecule has 0 amide bonds. The number of hydrogen-bond acceptors (Lipinski definition) is 4. The molecular weight excluding hydrogens is 218 g/mol. The first-order chi connectivity index (χ1) is 8.14. The molecule has 0 aromatic carbocycles. The van der Waals surface area contributed by atoms with Crippen molar-refractivity contribution in [1.82, 2.24) is 0 Å². The number of carbonyl (C=O) groups is 1. The molecule has 17 heavy (non-hydrogen) atoms. The second kappa shape index (κ2) is 6.97. The van der Waals surface area contributed by atoms with Crippen molar-refractivity contribution in [2.45, 2.75) is 39.0 Å². The maximum Gasteiger partial charge on any atom is 0.313 e. The smallest absolute Gasteiger partial charge is 0.313 e. The average Bonchev–Trinajstić information content (AvgIpc) is 2.36. The van der Waals surface area contributed by atoms with Crippen LogP contribution in [0.3, 0.4) is 0 Å². The lowest BCUT2D eigenvalue weighted by atomic mass is 9.71. The minimum absolute atomic E-state index is 0.108. The van der Waals surface area contributed by atoms with Crippen molar-refractivity contribution in [2.24, 2.45) is 17.1 Å². The van der Waals surface area contributed by atoms with Gasteiger partial charge in [0.1, 0.15) is 0 Å². The maximum absolute atomic E-state index is 12.1. The third-order valence-corrected chi connectivity index (χ3v) is 3.78. The molecule has 1 fully saturated rings. The van der Waals surface area contributed by atoms with Gasteiger partial charge in [-0.05, 0) is 31.6 Å². The maximum atomic E-state index is 12.1. The SMILES string of the molecule is COCCCOC(=O)C1(CN)CCC(C)CC1. The highest BCUT2D eigenvalue weighted by Gasteiger charge is 2.41. The summed E-state index contributed by atoms with van der Waals surface area (Å²) < 4.78 is 10.2. The van der Waals surface area contributed by atoms with Gasteiger partial charge in [-0.3, -0.25) is 4.79 Å². The van der Waals surface area contributed by atoms with Crippen molar-refractivity contribution in [3.05, 3.63) is 0 Å². The molecule has 0 aromatic rings. The molecule has 0 aliphatic heterocycles. The molecule has 0 saturated heterocycles. The summed E-state index contributed by atoms with van der Waals surface area (Å²) in [6.07, 6.45) is 4.63. The zero-order chi connectivity index (χ0) is 12.7. The van der Waals surface area contributed by atoms with Gasteiger partial charge < -0.3 is 15.2 Å². The molecule has 0 atom stereocenters. The van der Waals surface area contributed by atoms with E-state index in [1.807, 2.05) is 0 Å². The Morgan fingerprint density at radius 2 is 2.00 bits per heavy atom. The van der Waals surface area contributed by atoms with Crippen molar-refractivity contribution in [3.8, 4) is 0 Å². The predicted molar refractivity (Wildman–Crippen MR) is 66.6 cm³/mol. The standard InChI is InChI=1S/C13H25NO3/c1-11-4-6-13(10-14,7-5-11)12(15)17-9-3-8-16-2/h11H,3-10,14H2,1-2H3. The van der Waals surface area contributed by atoms with Crippen molar-refractivity contribution < 1.29 is 14.3 Å². The second-order valence-electron chi connectivity index (χ2n) is 5.15. The molecule has 0 spiro atoms. The molecular formula is C13H25NO3. The molecule has 1 rings (SSSR count). The van der Waals surface area contributed by atoms with Gasteiger partial charge >= 0.3 is 5.97 Å². The Morgan fingerprint density at radius 3 is 2.53 bits per heavy atom. The van der Waals surface area contributed by atoms with Gasteiger partial charge in [0.25, 0.3) is 0 Å². The van der Waals surface area contributed by atoms with Gasteiger partial charge in [0, 0.05) is 26.7 Å². The zero-order valence-corrected chi connectivity index (χ0v) is 11.0. The van der Waals surface area contributed by atoms with E-state index < -0.39 is 5.41 Å². The van der Waals surface area contributed by atoms with Gasteiger partial charge in [0.15, 0.2) is 0 Å². The van der Waals surface area contributed by atoms with Crippen LogP contribution in [0.4, 0.5) is 0 Å². The Labute approximate surface area is 104 Å². The van der Waals surface area contributed by atoms with E-state index in [1.165, 1.54) is 0 Å². The summed E-state index contributed by atoms with van der Waals surface area (Å²) in [6.45, 7) is 3.69. The Hall–Kier alpha value is -0.610. The average molecular weight is 243 g/mol. The molecule has 0 heterocycles. The fourth-order valence-electron chi connectivity index (χ4n) is 2.33. The van der Waals surface area contributed by atoms with E-state index in [4.69, 9.17) is 15.2 Å². The van der Waals surface area contributed by atoms with Crippen LogP contribution < -0.4 is 5.73 Å². The first-order valence-corrected chi connectivity index (χ1v) is 6.51. The van der Waals surface area contributed by atoms with E-state index in [2.05, 4.69) is 6.92 Å². The number of nitrogens with two attached hydrogens (primary N) is 1. The number of methoxy groups -OCH3 is 1. The Balaban J connectivity index is 2.40. The van der Waals surface area contributed by atoms with Crippen LogP contribution in [0.1, 0.15) is 39.0 Å². The molecule has 0 bridgehead atoms. The summed E-state index contributed by atoms with van der Waals surface area (Å²) in [7, 11) is 1.64. The lowest BCUT2D eigenvalue weighted by molar-refractivity contribution is -0.158. The van der Waals surface area contributed by atoms with Gasteiger partial charge in [0.05, 0.1) is 12.0 Å². The summed E-state index contributed by atoms with van der Waals surface area (Å²) >= 11 is 0. The lowest BCUT2D eigenvalue weighted by Crippen LogP contribution is -2.42. The van der Waals surface area contributed by atoms with Crippen LogP contribution in [0.25, 0.3) is 0 Å². The monoisotopic (exact) mass is 243 g/mol. The highest BCUT2D eigenvalue weighted by Crippen LogP contribution is 2.39. The van der Waals surface area contributed by atoms with Crippen molar-refractivity contribution in [3.63, 3.8) is 0 Å². The van der Waals surface area contributed by atoms with E-state index in [-0.39, 0.29) is 5.97 Å². The zero-order valence-electron chi connectivity index (χ0n) is 11.0. The van der Waals surface area contributed by atoms with E-state index in [1.54, 1.807) is 7.11 Å². The summed E-state index contributed by atoms with van der Waals surface area (Å²) in [4.78, 5) is 12.1. The van der Waals surface area contributed by atoms with Crippen molar-refractivity contribution >= 4 is 5.97 Å². The summed E-state index contributed by atoms with van der Waals surface area (Å²) in [5, 5.41) is 0. The number of rotatable bonds is 6. The third-order valence-electron chi connectivity index (χ3n) is 3.78. The Kier molecular flexibility index (Phi) is 5.92. The molecule has 4 heteroatoms. The van der Waals surface area contributed by atoms with Crippen LogP contribution in [0.2, 0.25) is 0 Å². The lowest BCUT2D eigenvalue weighted by Gasteiger charge is -2.36. The van der Waals surface area contributed by atoms with Crippen molar-refractivity contribution in [2.75, 3.05) is 26.9 Å². The summed E-state index contributed by atoms with van der Waals surface area (Å²) in [6, 6.07) is 0. The summed E-state index contributed by atoms with van der Waals surface area (Å²) in [5.74, 6) is 0.596. The Bertz CT molecular complexity index is 235. The number of hydrogen-bond donors (Lipinski definition) is 1. The fourth-order valence-corrected chi connectivity index (χ4v) is 2.33. The topological polar surface area (TPSA) is 61.5 Å². The van der Waals surface area contributed by atoms with Crippen LogP contribution >= 0.6 is 0 Å². The van der Waals surface area contributed by atoms with Crippen LogP contribution in [0, 0.1) is 11.3 Å². The number of esters is 1. The molecule has 1 saturated carbocycles. The summed E-state index contributed by atoms with van der Waals surface area (Å²) in [5.41, 5.74) is 5.37. The minimum atomic E-state index is -0.417. The molecule has 4 nitrogen and oxygen atoms in total. The quantitative estimate of drug-likeness (QED) is 0.570. The largest absolute Gasteiger partial charge is 0.465 e.